The van der Waals surface area contributed by atoms with Crippen LogP contribution in [-0.2, 0) is 20.0 Å². The summed E-state index contributed by atoms with van der Waals surface area (Å²) in [6.07, 6.45) is 1.28. The van der Waals surface area contributed by atoms with Crippen LogP contribution in [0.4, 0.5) is 0 Å². The van der Waals surface area contributed by atoms with Crippen LogP contribution in [0.5, 0.6) is 0 Å². The normalized spacial score (nSPS) is 12.9. The van der Waals surface area contributed by atoms with Crippen LogP contribution >= 0.6 is 0 Å². The van der Waals surface area contributed by atoms with E-state index in [1.165, 1.54) is 48.7 Å². The fraction of sp³-hybridized carbons (Fsp3) is 0.105. The van der Waals surface area contributed by atoms with Crippen molar-refractivity contribution in [2.24, 2.45) is 4.40 Å². The fourth-order valence-electron chi connectivity index (χ4n) is 2.40. The molecule has 0 aliphatic rings. The van der Waals surface area contributed by atoms with Crippen molar-refractivity contribution < 1.29 is 16.8 Å². The zero-order chi connectivity index (χ0) is 19.7. The van der Waals surface area contributed by atoms with Crippen molar-refractivity contribution >= 4 is 20.0 Å². The number of rotatable bonds is 4. The highest BCUT2D eigenvalue weighted by molar-refractivity contribution is 7.90. The molecule has 8 heteroatoms. The van der Waals surface area contributed by atoms with Gasteiger partial charge in [0.05, 0.1) is 9.79 Å². The number of aryl methyl sites for hydroxylation is 2. The van der Waals surface area contributed by atoms with Gasteiger partial charge < -0.3 is 0 Å². The van der Waals surface area contributed by atoms with Crippen molar-refractivity contribution in [2.45, 2.75) is 23.6 Å². The van der Waals surface area contributed by atoms with E-state index in [0.717, 1.165) is 15.1 Å². The van der Waals surface area contributed by atoms with E-state index in [4.69, 9.17) is 0 Å². The highest BCUT2D eigenvalue weighted by atomic mass is 32.2. The molecule has 1 heterocycles. The first-order valence-electron chi connectivity index (χ1n) is 8.08. The molecule has 0 bridgehead atoms. The summed E-state index contributed by atoms with van der Waals surface area (Å²) in [6.45, 7) is 3.69. The zero-order valence-corrected chi connectivity index (χ0v) is 16.4. The molecular formula is C19H18N2O4S2. The summed E-state index contributed by atoms with van der Waals surface area (Å²) in [6, 6.07) is 16.9. The molecule has 0 saturated heterocycles. The molecule has 2 aromatic carbocycles. The van der Waals surface area contributed by atoms with Gasteiger partial charge in [0.1, 0.15) is 0 Å². The van der Waals surface area contributed by atoms with E-state index in [1.54, 1.807) is 24.3 Å². The van der Waals surface area contributed by atoms with Gasteiger partial charge in [-0.15, -0.1) is 4.40 Å². The van der Waals surface area contributed by atoms with Gasteiger partial charge in [0.25, 0.3) is 20.0 Å². The van der Waals surface area contributed by atoms with E-state index < -0.39 is 20.0 Å². The Labute approximate surface area is 158 Å². The second-order valence-corrected chi connectivity index (χ2v) is 9.47. The van der Waals surface area contributed by atoms with E-state index in [9.17, 15) is 16.8 Å². The Hall–Kier alpha value is -2.71. The lowest BCUT2D eigenvalue weighted by Crippen LogP contribution is -2.28. The summed E-state index contributed by atoms with van der Waals surface area (Å²) in [4.78, 5) is 0.0460. The van der Waals surface area contributed by atoms with Crippen LogP contribution in [-0.4, -0.2) is 20.8 Å². The van der Waals surface area contributed by atoms with Crippen LogP contribution in [0.2, 0.25) is 0 Å². The molecule has 0 N–H and O–H groups in total. The number of sulfonamides is 1. The van der Waals surface area contributed by atoms with E-state index >= 15 is 0 Å². The first-order chi connectivity index (χ1) is 12.7. The third-order valence-corrected chi connectivity index (χ3v) is 6.90. The third-order valence-electron chi connectivity index (χ3n) is 3.91. The number of hydrogen-bond acceptors (Lipinski definition) is 4. The highest BCUT2D eigenvalue weighted by Gasteiger charge is 2.19. The average molecular weight is 402 g/mol. The minimum Gasteiger partial charge on any atom is -0.224 e. The van der Waals surface area contributed by atoms with Crippen molar-refractivity contribution in [3.05, 3.63) is 89.5 Å². The molecule has 140 valence electrons. The largest absolute Gasteiger partial charge is 0.284 e. The lowest BCUT2D eigenvalue weighted by atomic mass is 10.2. The summed E-state index contributed by atoms with van der Waals surface area (Å²) in [5.41, 5.74) is 1.63. The summed E-state index contributed by atoms with van der Waals surface area (Å²) in [5.74, 6) is 0. The molecule has 0 aliphatic carbocycles. The van der Waals surface area contributed by atoms with Gasteiger partial charge in [0, 0.05) is 6.20 Å². The van der Waals surface area contributed by atoms with Crippen LogP contribution in [0, 0.1) is 13.8 Å². The Kier molecular flexibility index (Phi) is 5.03. The minimum atomic E-state index is -4.06. The van der Waals surface area contributed by atoms with Crippen LogP contribution in [0.25, 0.3) is 0 Å². The summed E-state index contributed by atoms with van der Waals surface area (Å²) in [7, 11) is -8.05. The van der Waals surface area contributed by atoms with Gasteiger partial charge in [-0.3, -0.25) is 0 Å². The molecule has 0 saturated carbocycles. The van der Waals surface area contributed by atoms with Crippen molar-refractivity contribution in [1.29, 1.82) is 0 Å². The monoisotopic (exact) mass is 402 g/mol. The van der Waals surface area contributed by atoms with Crippen molar-refractivity contribution in [3.63, 3.8) is 0 Å². The van der Waals surface area contributed by atoms with Gasteiger partial charge in [-0.1, -0.05) is 41.5 Å². The Morgan fingerprint density at radius 2 is 1.22 bits per heavy atom. The van der Waals surface area contributed by atoms with E-state index in [0.29, 0.717) is 0 Å². The molecule has 0 spiro atoms. The lowest BCUT2D eigenvalue weighted by Gasteiger charge is -2.09. The second-order valence-electron chi connectivity index (χ2n) is 6.05. The van der Waals surface area contributed by atoms with Gasteiger partial charge >= 0.3 is 0 Å². The van der Waals surface area contributed by atoms with Gasteiger partial charge in [-0.25, -0.2) is 12.4 Å². The average Bonchev–Trinajstić information content (AvgIpc) is 2.62. The Balaban J connectivity index is 2.18. The maximum absolute atomic E-state index is 12.9. The predicted molar refractivity (Wildman–Crippen MR) is 102 cm³/mol. The smallest absolute Gasteiger partial charge is 0.224 e. The maximum Gasteiger partial charge on any atom is 0.284 e. The van der Waals surface area contributed by atoms with E-state index in [1.807, 2.05) is 13.8 Å². The summed E-state index contributed by atoms with van der Waals surface area (Å²) >= 11 is 0. The lowest BCUT2D eigenvalue weighted by molar-refractivity contribution is 0.584. The molecule has 27 heavy (non-hydrogen) atoms. The molecule has 0 amide bonds. The second kappa shape index (κ2) is 7.13. The SMILES string of the molecule is Cc1ccc(S(=O)(=O)/N=c2\ccccn2S(=O)(=O)c2ccc(C)cc2)cc1. The van der Waals surface area contributed by atoms with Gasteiger partial charge in [-0.2, -0.15) is 8.42 Å². The molecule has 1 aromatic heterocycles. The summed E-state index contributed by atoms with van der Waals surface area (Å²) in [5, 5.41) is 0. The van der Waals surface area contributed by atoms with Crippen molar-refractivity contribution in [3.8, 4) is 0 Å². The van der Waals surface area contributed by atoms with Crippen LogP contribution in [0.3, 0.4) is 0 Å². The number of hydrogen-bond donors (Lipinski definition) is 0. The Morgan fingerprint density at radius 3 is 1.78 bits per heavy atom. The highest BCUT2D eigenvalue weighted by Crippen LogP contribution is 2.15. The van der Waals surface area contributed by atoms with Crippen LogP contribution in [0.1, 0.15) is 11.1 Å². The third kappa shape index (κ3) is 4.01. The number of nitrogens with zero attached hydrogens (tertiary/aromatic N) is 2. The first kappa shape index (κ1) is 19.1. The topological polar surface area (TPSA) is 85.6 Å². The molecule has 3 rings (SSSR count). The van der Waals surface area contributed by atoms with Gasteiger partial charge in [-0.05, 0) is 50.2 Å². The quantitative estimate of drug-likeness (QED) is 0.671. The zero-order valence-electron chi connectivity index (χ0n) is 14.8. The van der Waals surface area contributed by atoms with E-state index in [-0.39, 0.29) is 15.3 Å². The molecule has 3 aromatic rings. The molecule has 0 atom stereocenters. The Bertz CT molecular complexity index is 1240. The molecular weight excluding hydrogens is 384 g/mol. The van der Waals surface area contributed by atoms with Crippen LogP contribution in [0.15, 0.2) is 87.1 Å². The number of benzene rings is 2. The molecule has 0 fully saturated rings. The van der Waals surface area contributed by atoms with E-state index in [2.05, 4.69) is 4.40 Å². The molecule has 0 aliphatic heterocycles. The summed E-state index contributed by atoms with van der Waals surface area (Å²) < 4.78 is 55.7. The predicted octanol–water partition coefficient (Wildman–Crippen LogP) is 2.63. The van der Waals surface area contributed by atoms with Crippen LogP contribution < -0.4 is 5.49 Å². The number of aromatic nitrogens is 1. The molecule has 0 radical (unpaired) electrons. The van der Waals surface area contributed by atoms with Crippen molar-refractivity contribution in [1.82, 2.24) is 3.97 Å². The van der Waals surface area contributed by atoms with Gasteiger partial charge in [0.15, 0.2) is 5.49 Å². The number of pyridine rings is 1. The molecule has 6 nitrogen and oxygen atoms in total. The standard InChI is InChI=1S/C19H18N2O4S2/c1-15-6-10-17(11-7-15)26(22,23)20-19-5-3-4-14-21(19)27(24,25)18-12-8-16(2)9-13-18/h3-14H,1-2H3/b20-19+. The minimum absolute atomic E-state index is 0.00348. The maximum atomic E-state index is 12.9. The fourth-order valence-corrected chi connectivity index (χ4v) is 4.72. The first-order valence-corrected chi connectivity index (χ1v) is 11.0. The van der Waals surface area contributed by atoms with Crippen molar-refractivity contribution in [2.75, 3.05) is 0 Å². The molecule has 0 unspecified atom stereocenters. The Morgan fingerprint density at radius 1 is 0.704 bits per heavy atom. The van der Waals surface area contributed by atoms with Gasteiger partial charge in [0.2, 0.25) is 0 Å².